The number of methoxy groups -OCH3 is 1. The fourth-order valence-corrected chi connectivity index (χ4v) is 3.62. The van der Waals surface area contributed by atoms with Crippen molar-refractivity contribution in [1.82, 2.24) is 5.32 Å². The zero-order chi connectivity index (χ0) is 15.0. The van der Waals surface area contributed by atoms with E-state index in [0.717, 1.165) is 18.8 Å². The van der Waals surface area contributed by atoms with Crippen molar-refractivity contribution >= 4 is 0 Å². The molecule has 1 aromatic carbocycles. The van der Waals surface area contributed by atoms with Gasteiger partial charge in [-0.25, -0.2) is 0 Å². The second kappa shape index (κ2) is 5.40. The molecule has 0 aliphatic carbocycles. The summed E-state index contributed by atoms with van der Waals surface area (Å²) in [5.74, 6) is 1.49. The predicted octanol–water partition coefficient (Wildman–Crippen LogP) is 4.10. The summed E-state index contributed by atoms with van der Waals surface area (Å²) in [6, 6.07) is 6.73. The fraction of sp³-hybridized carbons (Fsp3) is 0.667. The SMILES string of the molecule is COc1ccc(C2(C)CNCC(C)(C)C2)cc1C(C)C. The zero-order valence-electron chi connectivity index (χ0n) is 13.8. The molecule has 0 saturated carbocycles. The van der Waals surface area contributed by atoms with E-state index in [1.165, 1.54) is 17.5 Å². The van der Waals surface area contributed by atoms with Gasteiger partial charge in [0.25, 0.3) is 0 Å². The van der Waals surface area contributed by atoms with Crippen molar-refractivity contribution in [1.29, 1.82) is 0 Å². The third-order valence-corrected chi connectivity index (χ3v) is 4.54. The van der Waals surface area contributed by atoms with Crippen LogP contribution < -0.4 is 10.1 Å². The maximum absolute atomic E-state index is 5.51. The number of benzene rings is 1. The van der Waals surface area contributed by atoms with Crippen molar-refractivity contribution in [3.63, 3.8) is 0 Å². The van der Waals surface area contributed by atoms with Gasteiger partial charge in [-0.3, -0.25) is 0 Å². The van der Waals surface area contributed by atoms with E-state index < -0.39 is 0 Å². The molecule has 2 heteroatoms. The molecule has 1 atom stereocenters. The van der Waals surface area contributed by atoms with Gasteiger partial charge in [-0.1, -0.05) is 46.8 Å². The number of nitrogens with one attached hydrogen (secondary N) is 1. The Kier molecular flexibility index (Phi) is 4.15. The van der Waals surface area contributed by atoms with Crippen LogP contribution in [0.3, 0.4) is 0 Å². The molecule has 0 radical (unpaired) electrons. The van der Waals surface area contributed by atoms with Crippen molar-refractivity contribution in [2.24, 2.45) is 5.41 Å². The summed E-state index contributed by atoms with van der Waals surface area (Å²) in [6.45, 7) is 13.7. The number of piperidine rings is 1. The summed E-state index contributed by atoms with van der Waals surface area (Å²) >= 11 is 0. The molecule has 2 nitrogen and oxygen atoms in total. The zero-order valence-corrected chi connectivity index (χ0v) is 13.8. The molecule has 1 N–H and O–H groups in total. The van der Waals surface area contributed by atoms with Crippen molar-refractivity contribution in [2.75, 3.05) is 20.2 Å². The minimum atomic E-state index is 0.206. The van der Waals surface area contributed by atoms with E-state index >= 15 is 0 Å². The smallest absolute Gasteiger partial charge is 0.122 e. The van der Waals surface area contributed by atoms with Gasteiger partial charge in [0.05, 0.1) is 7.11 Å². The molecule has 2 rings (SSSR count). The fourth-order valence-electron chi connectivity index (χ4n) is 3.62. The van der Waals surface area contributed by atoms with Gasteiger partial charge in [-0.2, -0.15) is 0 Å². The van der Waals surface area contributed by atoms with E-state index in [9.17, 15) is 0 Å². The van der Waals surface area contributed by atoms with E-state index in [-0.39, 0.29) is 5.41 Å². The first-order chi connectivity index (χ1) is 9.27. The summed E-state index contributed by atoms with van der Waals surface area (Å²) in [5.41, 5.74) is 3.31. The highest BCUT2D eigenvalue weighted by molar-refractivity contribution is 5.42. The van der Waals surface area contributed by atoms with Crippen molar-refractivity contribution < 1.29 is 4.74 Å². The second-order valence-corrected chi connectivity index (χ2v) is 7.62. The lowest BCUT2D eigenvalue weighted by Gasteiger charge is -2.44. The van der Waals surface area contributed by atoms with Crippen molar-refractivity contribution in [3.05, 3.63) is 29.3 Å². The Balaban J connectivity index is 2.39. The maximum atomic E-state index is 5.51. The van der Waals surface area contributed by atoms with Gasteiger partial charge in [0, 0.05) is 18.5 Å². The Labute approximate surface area is 123 Å². The van der Waals surface area contributed by atoms with Crippen LogP contribution in [0.4, 0.5) is 0 Å². The highest BCUT2D eigenvalue weighted by Gasteiger charge is 2.37. The third-order valence-electron chi connectivity index (χ3n) is 4.54. The monoisotopic (exact) mass is 275 g/mol. The average Bonchev–Trinajstić information content (AvgIpc) is 2.36. The Morgan fingerprint density at radius 3 is 2.40 bits per heavy atom. The van der Waals surface area contributed by atoms with Crippen molar-refractivity contribution in [3.8, 4) is 5.75 Å². The lowest BCUT2D eigenvalue weighted by Crippen LogP contribution is -2.49. The predicted molar refractivity (Wildman–Crippen MR) is 85.7 cm³/mol. The molecule has 20 heavy (non-hydrogen) atoms. The largest absolute Gasteiger partial charge is 0.496 e. The minimum absolute atomic E-state index is 0.206. The Morgan fingerprint density at radius 2 is 1.85 bits per heavy atom. The van der Waals surface area contributed by atoms with E-state index in [2.05, 4.69) is 58.1 Å². The average molecular weight is 275 g/mol. The van der Waals surface area contributed by atoms with E-state index in [1.807, 2.05) is 0 Å². The van der Waals surface area contributed by atoms with E-state index in [4.69, 9.17) is 4.74 Å². The van der Waals surface area contributed by atoms with Gasteiger partial charge >= 0.3 is 0 Å². The Morgan fingerprint density at radius 1 is 1.15 bits per heavy atom. The van der Waals surface area contributed by atoms with Gasteiger partial charge in [0.1, 0.15) is 5.75 Å². The number of rotatable bonds is 3. The van der Waals surface area contributed by atoms with Crippen LogP contribution in [0.15, 0.2) is 18.2 Å². The van der Waals surface area contributed by atoms with Crippen LogP contribution in [0.2, 0.25) is 0 Å². The highest BCUT2D eigenvalue weighted by atomic mass is 16.5. The van der Waals surface area contributed by atoms with Crippen LogP contribution in [0.1, 0.15) is 58.1 Å². The molecule has 1 unspecified atom stereocenters. The summed E-state index contributed by atoms with van der Waals surface area (Å²) in [5, 5.41) is 3.61. The molecule has 0 spiro atoms. The van der Waals surface area contributed by atoms with Crippen LogP contribution in [0.25, 0.3) is 0 Å². The van der Waals surface area contributed by atoms with Crippen LogP contribution in [0.5, 0.6) is 5.75 Å². The standard InChI is InChI=1S/C18H29NO/c1-13(2)15-9-14(7-8-16(15)20-6)18(5)10-17(3,4)11-19-12-18/h7-9,13,19H,10-12H2,1-6H3. The summed E-state index contributed by atoms with van der Waals surface area (Å²) < 4.78 is 5.51. The minimum Gasteiger partial charge on any atom is -0.496 e. The molecule has 1 saturated heterocycles. The summed E-state index contributed by atoms with van der Waals surface area (Å²) in [4.78, 5) is 0. The lowest BCUT2D eigenvalue weighted by atomic mass is 9.67. The lowest BCUT2D eigenvalue weighted by molar-refractivity contribution is 0.179. The summed E-state index contributed by atoms with van der Waals surface area (Å²) in [6.07, 6.45) is 1.22. The summed E-state index contributed by atoms with van der Waals surface area (Å²) in [7, 11) is 1.76. The Hall–Kier alpha value is -1.02. The first kappa shape index (κ1) is 15.4. The molecule has 1 fully saturated rings. The number of ether oxygens (including phenoxy) is 1. The Bertz CT molecular complexity index is 478. The van der Waals surface area contributed by atoms with Crippen molar-refractivity contribution in [2.45, 2.75) is 52.4 Å². The van der Waals surface area contributed by atoms with Gasteiger partial charge in [-0.15, -0.1) is 0 Å². The van der Waals surface area contributed by atoms with Gasteiger partial charge in [0.2, 0.25) is 0 Å². The highest BCUT2D eigenvalue weighted by Crippen LogP contribution is 2.41. The van der Waals surface area contributed by atoms with E-state index in [1.54, 1.807) is 7.11 Å². The molecule has 1 aliphatic heterocycles. The third kappa shape index (κ3) is 3.01. The molecule has 0 amide bonds. The topological polar surface area (TPSA) is 21.3 Å². The molecule has 1 aromatic rings. The molecule has 0 aromatic heterocycles. The van der Waals surface area contributed by atoms with Gasteiger partial charge in [0.15, 0.2) is 0 Å². The molecule has 1 aliphatic rings. The molecule has 112 valence electrons. The normalized spacial score (nSPS) is 25.8. The molecule has 1 heterocycles. The first-order valence-corrected chi connectivity index (χ1v) is 7.67. The van der Waals surface area contributed by atoms with Crippen LogP contribution >= 0.6 is 0 Å². The van der Waals surface area contributed by atoms with Gasteiger partial charge < -0.3 is 10.1 Å². The maximum Gasteiger partial charge on any atom is 0.122 e. The second-order valence-electron chi connectivity index (χ2n) is 7.62. The van der Waals surface area contributed by atoms with Crippen LogP contribution in [-0.2, 0) is 5.41 Å². The van der Waals surface area contributed by atoms with Crippen LogP contribution in [-0.4, -0.2) is 20.2 Å². The van der Waals surface area contributed by atoms with E-state index in [0.29, 0.717) is 11.3 Å². The van der Waals surface area contributed by atoms with Crippen LogP contribution in [0, 0.1) is 5.41 Å². The molecular weight excluding hydrogens is 246 g/mol. The number of hydrogen-bond acceptors (Lipinski definition) is 2. The number of hydrogen-bond donors (Lipinski definition) is 1. The molecular formula is C18H29NO. The quantitative estimate of drug-likeness (QED) is 0.897. The first-order valence-electron chi connectivity index (χ1n) is 7.67. The molecule has 0 bridgehead atoms. The van der Waals surface area contributed by atoms with Gasteiger partial charge in [-0.05, 0) is 34.9 Å².